The van der Waals surface area contributed by atoms with Gasteiger partial charge in [0, 0.05) is 32.7 Å². The first kappa shape index (κ1) is 13.3. The van der Waals surface area contributed by atoms with E-state index in [9.17, 15) is 0 Å². The fourth-order valence-corrected chi connectivity index (χ4v) is 2.27. The van der Waals surface area contributed by atoms with Gasteiger partial charge in [0.05, 0.1) is 0 Å². The van der Waals surface area contributed by atoms with Gasteiger partial charge in [-0.3, -0.25) is 0 Å². The van der Waals surface area contributed by atoms with E-state index < -0.39 is 0 Å². The van der Waals surface area contributed by atoms with Crippen LogP contribution in [0.5, 0.6) is 0 Å². The van der Waals surface area contributed by atoms with Crippen LogP contribution in [0.15, 0.2) is 18.2 Å². The summed E-state index contributed by atoms with van der Waals surface area (Å²) in [5.74, 6) is 0.804. The van der Waals surface area contributed by atoms with Gasteiger partial charge in [0.25, 0.3) is 0 Å². The van der Waals surface area contributed by atoms with Crippen LogP contribution in [0.4, 0.5) is 0 Å². The largest absolute Gasteiger partial charge is 0.326 e. The van der Waals surface area contributed by atoms with Crippen LogP contribution >= 0.6 is 0 Å². The molecule has 0 nitrogen and oxygen atoms in total. The van der Waals surface area contributed by atoms with Gasteiger partial charge in [-0.2, -0.15) is 36.5 Å². The molecule has 1 aliphatic carbocycles. The van der Waals surface area contributed by atoms with Crippen molar-refractivity contribution in [2.24, 2.45) is 5.92 Å². The van der Waals surface area contributed by atoms with E-state index in [2.05, 4.69) is 38.5 Å². The Morgan fingerprint density at radius 1 is 1.47 bits per heavy atom. The maximum absolute atomic E-state index is 4.11. The average Bonchev–Trinajstić information content (AvgIpc) is 2.62. The molecule has 0 heterocycles. The number of rotatable bonds is 2. The Hall–Kier alpha value is 0.194. The standard InChI is InChI=1S/C14H18.Y/c1-11-7-8-14(12(2)9-11)10-13-5-3-4-6-13;/h5,7-9,13H,2-4,6,10H2,1H3;/q-2;. The zero-order valence-corrected chi connectivity index (χ0v) is 12.3. The van der Waals surface area contributed by atoms with Gasteiger partial charge >= 0.3 is 0 Å². The van der Waals surface area contributed by atoms with E-state index in [1.807, 2.05) is 0 Å². The second-order valence-electron chi connectivity index (χ2n) is 4.40. The van der Waals surface area contributed by atoms with E-state index in [0.717, 1.165) is 5.92 Å². The molecule has 0 amide bonds. The Morgan fingerprint density at radius 3 is 2.87 bits per heavy atom. The summed E-state index contributed by atoms with van der Waals surface area (Å²) in [7, 11) is 0. The molecule has 0 saturated heterocycles. The molecule has 0 bridgehead atoms. The number of hydrogen-bond acceptors (Lipinski definition) is 0. The molecule has 0 aromatic heterocycles. The first-order chi connectivity index (χ1) is 6.75. The van der Waals surface area contributed by atoms with Crippen LogP contribution in [0, 0.1) is 26.2 Å². The first-order valence-corrected chi connectivity index (χ1v) is 5.50. The molecule has 2 rings (SSSR count). The smallest absolute Gasteiger partial charge is 0 e. The molecule has 15 heavy (non-hydrogen) atoms. The maximum Gasteiger partial charge on any atom is 0 e. The Bertz CT molecular complexity index is 311. The number of aryl methyl sites for hydroxylation is 1. The van der Waals surface area contributed by atoms with Crippen LogP contribution in [0.1, 0.15) is 36.0 Å². The van der Waals surface area contributed by atoms with Crippen molar-refractivity contribution < 1.29 is 32.7 Å². The third-order valence-electron chi connectivity index (χ3n) is 3.12. The predicted octanol–water partition coefficient (Wildman–Crippen LogP) is 3.72. The molecule has 1 aromatic rings. The molecule has 79 valence electrons. The van der Waals surface area contributed by atoms with Crippen molar-refractivity contribution in [3.8, 4) is 0 Å². The van der Waals surface area contributed by atoms with E-state index in [1.54, 1.807) is 0 Å². The van der Waals surface area contributed by atoms with Gasteiger partial charge in [0.2, 0.25) is 0 Å². The van der Waals surface area contributed by atoms with Crippen molar-refractivity contribution in [1.29, 1.82) is 0 Å². The third kappa shape index (κ3) is 3.61. The molecule has 1 unspecified atom stereocenters. The number of hydrogen-bond donors (Lipinski definition) is 0. The fourth-order valence-electron chi connectivity index (χ4n) is 2.27. The summed E-state index contributed by atoms with van der Waals surface area (Å²) >= 11 is 0. The zero-order valence-electron chi connectivity index (χ0n) is 9.50. The Morgan fingerprint density at radius 2 is 2.27 bits per heavy atom. The number of benzene rings is 1. The van der Waals surface area contributed by atoms with Crippen molar-refractivity contribution >= 4 is 0 Å². The molecular formula is C14H18Y-2. The summed E-state index contributed by atoms with van der Waals surface area (Å²) < 4.78 is 0. The molecule has 0 aliphatic heterocycles. The van der Waals surface area contributed by atoms with E-state index in [4.69, 9.17) is 0 Å². The quantitative estimate of drug-likeness (QED) is 0.722. The van der Waals surface area contributed by atoms with Crippen LogP contribution in [0.25, 0.3) is 0 Å². The van der Waals surface area contributed by atoms with Gasteiger partial charge in [-0.25, -0.2) is 0 Å². The van der Waals surface area contributed by atoms with E-state index >= 15 is 0 Å². The van der Waals surface area contributed by atoms with Crippen molar-refractivity contribution in [2.75, 3.05) is 0 Å². The van der Waals surface area contributed by atoms with Crippen LogP contribution in [-0.2, 0) is 39.1 Å². The summed E-state index contributed by atoms with van der Waals surface area (Å²) in [5, 5.41) is 0. The second-order valence-corrected chi connectivity index (χ2v) is 4.40. The summed E-state index contributed by atoms with van der Waals surface area (Å²) in [5.41, 5.74) is 3.96. The van der Waals surface area contributed by atoms with Gasteiger partial charge in [-0.1, -0.05) is 32.3 Å². The Kier molecular flexibility index (Phi) is 5.36. The topological polar surface area (TPSA) is 0 Å². The summed E-state index contributed by atoms with van der Waals surface area (Å²) in [6.45, 7) is 6.23. The summed E-state index contributed by atoms with van der Waals surface area (Å²) in [6.07, 6.45) is 7.72. The third-order valence-corrected chi connectivity index (χ3v) is 3.12. The molecule has 0 N–H and O–H groups in total. The van der Waals surface area contributed by atoms with Gasteiger partial charge < -0.3 is 6.42 Å². The van der Waals surface area contributed by atoms with Gasteiger partial charge in [-0.05, 0) is 0 Å². The molecule has 1 fully saturated rings. The molecule has 1 radical (unpaired) electrons. The normalized spacial score (nSPS) is 19.9. The van der Waals surface area contributed by atoms with Crippen molar-refractivity contribution in [3.05, 3.63) is 48.2 Å². The molecule has 1 aromatic carbocycles. The van der Waals surface area contributed by atoms with Gasteiger partial charge in [-0.15, -0.1) is 11.6 Å². The second kappa shape index (κ2) is 6.06. The average molecular weight is 275 g/mol. The monoisotopic (exact) mass is 275 g/mol. The molecule has 1 heteroatoms. The minimum atomic E-state index is 0. The Balaban J connectivity index is 0.00000112. The zero-order chi connectivity index (χ0) is 9.97. The molecule has 1 atom stereocenters. The predicted molar refractivity (Wildman–Crippen MR) is 61.0 cm³/mol. The molecule has 0 spiro atoms. The molecular weight excluding hydrogens is 257 g/mol. The van der Waals surface area contributed by atoms with Crippen molar-refractivity contribution in [2.45, 2.75) is 32.6 Å². The maximum atomic E-state index is 4.11. The van der Waals surface area contributed by atoms with E-state index in [1.165, 1.54) is 42.4 Å². The van der Waals surface area contributed by atoms with Gasteiger partial charge in [0.15, 0.2) is 0 Å². The van der Waals surface area contributed by atoms with Crippen LogP contribution in [0.3, 0.4) is 0 Å². The minimum Gasteiger partial charge on any atom is -0.326 e. The van der Waals surface area contributed by atoms with Crippen LogP contribution in [-0.4, -0.2) is 0 Å². The summed E-state index contributed by atoms with van der Waals surface area (Å²) in [6, 6.07) is 6.62. The first-order valence-electron chi connectivity index (χ1n) is 5.50. The summed E-state index contributed by atoms with van der Waals surface area (Å²) in [4.78, 5) is 0. The molecule has 1 saturated carbocycles. The van der Waals surface area contributed by atoms with Gasteiger partial charge in [0.1, 0.15) is 0 Å². The van der Waals surface area contributed by atoms with E-state index in [-0.39, 0.29) is 32.7 Å². The SMILES string of the molecule is [CH2-]c1cc(C)ccc1CC1[CH-]CCC1.[Y]. The molecule has 1 aliphatic rings. The van der Waals surface area contributed by atoms with Crippen LogP contribution < -0.4 is 0 Å². The van der Waals surface area contributed by atoms with E-state index in [0.29, 0.717) is 0 Å². The Labute approximate surface area is 119 Å². The minimum absolute atomic E-state index is 0. The van der Waals surface area contributed by atoms with Crippen molar-refractivity contribution in [1.82, 2.24) is 0 Å². The van der Waals surface area contributed by atoms with Crippen LogP contribution in [0.2, 0.25) is 0 Å². The van der Waals surface area contributed by atoms with Crippen molar-refractivity contribution in [3.63, 3.8) is 0 Å². The fraction of sp³-hybridized carbons (Fsp3) is 0.429.